The summed E-state index contributed by atoms with van der Waals surface area (Å²) in [6, 6.07) is 10.7. The summed E-state index contributed by atoms with van der Waals surface area (Å²) >= 11 is 0. The third kappa shape index (κ3) is 8.68. The number of nitrogen functional groups attached to an aromatic ring is 2. The van der Waals surface area contributed by atoms with Gasteiger partial charge in [0.2, 0.25) is 0 Å². The zero-order valence-corrected chi connectivity index (χ0v) is 15.5. The molecule has 0 atom stereocenters. The van der Waals surface area contributed by atoms with Crippen LogP contribution in [0.4, 0.5) is 16.2 Å². The van der Waals surface area contributed by atoms with Gasteiger partial charge in [0.05, 0.1) is 18.0 Å². The number of nitrogens with two attached hydrogens (primary N) is 2. The molecule has 8 nitrogen and oxygen atoms in total. The summed E-state index contributed by atoms with van der Waals surface area (Å²) in [5, 5.41) is 17.5. The highest BCUT2D eigenvalue weighted by Crippen LogP contribution is 2.22. The highest BCUT2D eigenvalue weighted by Gasteiger charge is 2.09. The fourth-order valence-corrected chi connectivity index (χ4v) is 1.87. The van der Waals surface area contributed by atoms with Crippen LogP contribution < -0.4 is 16.2 Å². The Hall–Kier alpha value is -3.13. The number of phenolic OH excluding ortho intramolecular Hbond substituents is 1. The summed E-state index contributed by atoms with van der Waals surface area (Å²) in [5.74, 6) is 0.805. The van der Waals surface area contributed by atoms with E-state index in [0.717, 1.165) is 11.1 Å². The van der Waals surface area contributed by atoms with E-state index in [2.05, 4.69) is 9.47 Å². The van der Waals surface area contributed by atoms with Crippen molar-refractivity contribution < 1.29 is 29.2 Å². The van der Waals surface area contributed by atoms with Gasteiger partial charge in [0.1, 0.15) is 31.3 Å². The molecule has 1 saturated heterocycles. The molecule has 1 fully saturated rings. The lowest BCUT2D eigenvalue weighted by Gasteiger charge is -2.07. The van der Waals surface area contributed by atoms with Crippen LogP contribution >= 0.6 is 0 Å². The summed E-state index contributed by atoms with van der Waals surface area (Å²) in [6.45, 7) is 4.99. The van der Waals surface area contributed by atoms with E-state index >= 15 is 0 Å². The fourth-order valence-electron chi connectivity index (χ4n) is 1.87. The summed E-state index contributed by atoms with van der Waals surface area (Å²) in [7, 11) is 0. The maximum Gasteiger partial charge on any atom is 0.508 e. The molecule has 0 bridgehead atoms. The minimum atomic E-state index is -0.546. The molecule has 0 aromatic heterocycles. The Morgan fingerprint density at radius 2 is 1.56 bits per heavy atom. The molecule has 3 rings (SSSR count). The Labute approximate surface area is 158 Å². The van der Waals surface area contributed by atoms with Crippen LogP contribution in [0, 0.1) is 13.8 Å². The lowest BCUT2D eigenvalue weighted by Crippen LogP contribution is -2.03. The number of aromatic hydroxyl groups is 1. The normalized spacial score (nSPS) is 11.9. The van der Waals surface area contributed by atoms with Crippen molar-refractivity contribution in [1.82, 2.24) is 0 Å². The molecule has 0 saturated carbocycles. The summed E-state index contributed by atoms with van der Waals surface area (Å²) in [4.78, 5) is 9.80. The number of carbonyl (C=O) groups is 1. The molecule has 0 unspecified atom stereocenters. The van der Waals surface area contributed by atoms with E-state index in [1.807, 2.05) is 32.0 Å². The average Bonchev–Trinajstić information content (AvgIpc) is 3.11. The number of hydrogen-bond donors (Lipinski definition) is 4. The Morgan fingerprint density at radius 3 is 2.00 bits per heavy atom. The van der Waals surface area contributed by atoms with Crippen LogP contribution in [0.1, 0.15) is 11.1 Å². The SMILES string of the molecule is Cc1ccc(N)c(O)c1.Cc1ccc(N)c(OCCO)c1.O=C1OCCO1. The standard InChI is InChI=1S/C9H13NO2.C7H9NO.C3H4O3/c1-7-2-3-8(10)9(6-7)12-5-4-11;1-5-2-3-6(8)7(9)4-5;4-3-5-1-2-6-3/h2-3,6,11H,4-5,10H2,1H3;2-4,9H,8H2,1H3;1-2H2. The highest BCUT2D eigenvalue weighted by molar-refractivity contribution is 5.61. The first kappa shape index (κ1) is 21.9. The van der Waals surface area contributed by atoms with Crippen LogP contribution in [-0.4, -0.2) is 42.8 Å². The topological polar surface area (TPSA) is 137 Å². The summed E-state index contributed by atoms with van der Waals surface area (Å²) in [5.41, 5.74) is 14.1. The van der Waals surface area contributed by atoms with Crippen LogP contribution in [0.5, 0.6) is 11.5 Å². The number of rotatable bonds is 3. The van der Waals surface area contributed by atoms with Gasteiger partial charge in [-0.3, -0.25) is 0 Å². The van der Waals surface area contributed by atoms with Gasteiger partial charge < -0.3 is 35.9 Å². The molecule has 6 N–H and O–H groups in total. The van der Waals surface area contributed by atoms with Crippen LogP contribution in [-0.2, 0) is 9.47 Å². The zero-order chi connectivity index (χ0) is 20.2. The van der Waals surface area contributed by atoms with Crippen LogP contribution in [0.2, 0.25) is 0 Å². The number of benzene rings is 2. The number of cyclic esters (lactones) is 2. The molecule has 1 aliphatic rings. The second kappa shape index (κ2) is 11.5. The Morgan fingerprint density at radius 1 is 1.00 bits per heavy atom. The first-order valence-corrected chi connectivity index (χ1v) is 8.28. The minimum Gasteiger partial charge on any atom is -0.506 e. The molecule has 8 heteroatoms. The molecular weight excluding hydrogens is 352 g/mol. The lowest BCUT2D eigenvalue weighted by molar-refractivity contribution is 0.131. The molecular formula is C19H26N2O6. The number of phenols is 1. The van der Waals surface area contributed by atoms with Crippen molar-refractivity contribution in [2.24, 2.45) is 0 Å². The molecule has 0 amide bonds. The van der Waals surface area contributed by atoms with Crippen molar-refractivity contribution in [1.29, 1.82) is 0 Å². The molecule has 0 radical (unpaired) electrons. The quantitative estimate of drug-likeness (QED) is 0.363. The van der Waals surface area contributed by atoms with E-state index < -0.39 is 6.16 Å². The molecule has 2 aromatic carbocycles. The van der Waals surface area contributed by atoms with Gasteiger partial charge in [-0.05, 0) is 49.2 Å². The van der Waals surface area contributed by atoms with Gasteiger partial charge in [-0.25, -0.2) is 4.79 Å². The monoisotopic (exact) mass is 378 g/mol. The minimum absolute atomic E-state index is 0.00732. The Balaban J connectivity index is 0.000000214. The molecule has 2 aromatic rings. The van der Waals surface area contributed by atoms with Crippen LogP contribution in [0.25, 0.3) is 0 Å². The van der Waals surface area contributed by atoms with Crippen LogP contribution in [0.3, 0.4) is 0 Å². The lowest BCUT2D eigenvalue weighted by atomic mass is 10.2. The summed E-state index contributed by atoms with van der Waals surface area (Å²) < 4.78 is 13.8. The van der Waals surface area contributed by atoms with E-state index in [-0.39, 0.29) is 19.0 Å². The van der Waals surface area contributed by atoms with E-state index in [0.29, 0.717) is 30.3 Å². The first-order valence-electron chi connectivity index (χ1n) is 8.28. The Bertz CT molecular complexity index is 728. The van der Waals surface area contributed by atoms with Crippen molar-refractivity contribution in [3.05, 3.63) is 47.5 Å². The number of aliphatic hydroxyl groups excluding tert-OH is 1. The van der Waals surface area contributed by atoms with E-state index in [4.69, 9.17) is 26.4 Å². The predicted octanol–water partition coefficient (Wildman–Crippen LogP) is 2.38. The van der Waals surface area contributed by atoms with E-state index in [1.165, 1.54) is 0 Å². The van der Waals surface area contributed by atoms with E-state index in [9.17, 15) is 4.79 Å². The average molecular weight is 378 g/mol. The third-order valence-electron chi connectivity index (χ3n) is 3.23. The van der Waals surface area contributed by atoms with Crippen molar-refractivity contribution in [3.63, 3.8) is 0 Å². The highest BCUT2D eigenvalue weighted by atomic mass is 16.8. The van der Waals surface area contributed by atoms with E-state index in [1.54, 1.807) is 18.2 Å². The Kier molecular flexibility index (Phi) is 9.32. The van der Waals surface area contributed by atoms with Gasteiger partial charge in [-0.1, -0.05) is 12.1 Å². The van der Waals surface area contributed by atoms with Gasteiger partial charge in [-0.2, -0.15) is 0 Å². The molecule has 27 heavy (non-hydrogen) atoms. The number of aliphatic hydroxyl groups is 1. The molecule has 1 heterocycles. The van der Waals surface area contributed by atoms with Gasteiger partial charge in [0.25, 0.3) is 0 Å². The number of ether oxygens (including phenoxy) is 3. The second-order valence-electron chi connectivity index (χ2n) is 5.62. The second-order valence-corrected chi connectivity index (χ2v) is 5.62. The molecule has 148 valence electrons. The third-order valence-corrected chi connectivity index (χ3v) is 3.23. The van der Waals surface area contributed by atoms with Gasteiger partial charge >= 0.3 is 6.16 Å². The number of aryl methyl sites for hydroxylation is 2. The maximum absolute atomic E-state index is 9.80. The molecule has 0 aliphatic carbocycles. The molecule has 1 aliphatic heterocycles. The van der Waals surface area contributed by atoms with Crippen LogP contribution in [0.15, 0.2) is 36.4 Å². The summed E-state index contributed by atoms with van der Waals surface area (Å²) in [6.07, 6.45) is -0.546. The zero-order valence-electron chi connectivity index (χ0n) is 15.5. The van der Waals surface area contributed by atoms with Gasteiger partial charge in [0.15, 0.2) is 0 Å². The van der Waals surface area contributed by atoms with Crippen molar-refractivity contribution >= 4 is 17.5 Å². The first-order chi connectivity index (χ1) is 12.8. The van der Waals surface area contributed by atoms with Gasteiger partial charge in [0, 0.05) is 0 Å². The fraction of sp³-hybridized carbons (Fsp3) is 0.316. The number of hydrogen-bond acceptors (Lipinski definition) is 8. The number of carbonyl (C=O) groups excluding carboxylic acids is 1. The van der Waals surface area contributed by atoms with Crippen molar-refractivity contribution in [3.8, 4) is 11.5 Å². The maximum atomic E-state index is 9.80. The smallest absolute Gasteiger partial charge is 0.506 e. The predicted molar refractivity (Wildman–Crippen MR) is 103 cm³/mol. The molecule has 0 spiro atoms. The van der Waals surface area contributed by atoms with Crippen molar-refractivity contribution in [2.45, 2.75) is 13.8 Å². The van der Waals surface area contributed by atoms with Crippen molar-refractivity contribution in [2.75, 3.05) is 37.9 Å². The largest absolute Gasteiger partial charge is 0.508 e. The van der Waals surface area contributed by atoms with Gasteiger partial charge in [-0.15, -0.1) is 0 Å². The number of anilines is 2.